The molecule has 0 aliphatic heterocycles. The number of amides is 1. The number of benzene rings is 2. The van der Waals surface area contributed by atoms with Crippen molar-refractivity contribution >= 4 is 23.2 Å². The second-order valence-corrected chi connectivity index (χ2v) is 6.41. The maximum atomic E-state index is 12.6. The smallest absolute Gasteiger partial charge is 0.258 e. The highest BCUT2D eigenvalue weighted by Crippen LogP contribution is 2.30. The SMILES string of the molecule is CCc1cccc(C)c1NC(=O)c1cnc(Nc2ccc(OC)c(OC)c2)nc1. The molecule has 0 radical (unpaired) electrons. The molecule has 0 bridgehead atoms. The zero-order valence-electron chi connectivity index (χ0n) is 16.9. The lowest BCUT2D eigenvalue weighted by Crippen LogP contribution is -2.15. The van der Waals surface area contributed by atoms with E-state index < -0.39 is 0 Å². The van der Waals surface area contributed by atoms with Crippen molar-refractivity contribution in [1.29, 1.82) is 0 Å². The molecular weight excluding hydrogens is 368 g/mol. The molecule has 0 aliphatic carbocycles. The standard InChI is InChI=1S/C22H24N4O3/c1-5-15-8-6-7-14(2)20(15)26-21(27)16-12-23-22(24-13-16)25-17-9-10-18(28-3)19(11-17)29-4/h6-13H,5H2,1-4H3,(H,26,27)(H,23,24,25). The number of carbonyl (C=O) groups is 1. The molecule has 3 aromatic rings. The van der Waals surface area contributed by atoms with E-state index in [1.807, 2.05) is 31.2 Å². The Morgan fingerprint density at radius 3 is 2.41 bits per heavy atom. The number of carbonyl (C=O) groups excluding carboxylic acids is 1. The Hall–Kier alpha value is -3.61. The van der Waals surface area contributed by atoms with Gasteiger partial charge in [-0.3, -0.25) is 4.79 Å². The molecule has 0 atom stereocenters. The van der Waals surface area contributed by atoms with E-state index in [0.29, 0.717) is 23.0 Å². The molecule has 150 valence electrons. The van der Waals surface area contributed by atoms with Crippen molar-refractivity contribution in [3.63, 3.8) is 0 Å². The number of nitrogens with one attached hydrogen (secondary N) is 2. The first kappa shape index (κ1) is 20.1. The van der Waals surface area contributed by atoms with Crippen molar-refractivity contribution < 1.29 is 14.3 Å². The predicted molar refractivity (Wildman–Crippen MR) is 113 cm³/mol. The largest absolute Gasteiger partial charge is 0.493 e. The summed E-state index contributed by atoms with van der Waals surface area (Å²) in [4.78, 5) is 21.1. The minimum atomic E-state index is -0.244. The highest BCUT2D eigenvalue weighted by atomic mass is 16.5. The minimum absolute atomic E-state index is 0.244. The number of para-hydroxylation sites is 1. The summed E-state index contributed by atoms with van der Waals surface area (Å²) in [6.45, 7) is 4.03. The second-order valence-electron chi connectivity index (χ2n) is 6.41. The highest BCUT2D eigenvalue weighted by Gasteiger charge is 2.12. The van der Waals surface area contributed by atoms with Gasteiger partial charge in [0.2, 0.25) is 5.95 Å². The van der Waals surface area contributed by atoms with Gasteiger partial charge in [-0.1, -0.05) is 25.1 Å². The number of aryl methyl sites for hydroxylation is 2. The Kier molecular flexibility index (Phi) is 6.29. The van der Waals surface area contributed by atoms with Gasteiger partial charge in [0.05, 0.1) is 19.8 Å². The molecule has 7 heteroatoms. The fraction of sp³-hybridized carbons (Fsp3) is 0.227. The van der Waals surface area contributed by atoms with Crippen LogP contribution in [0.1, 0.15) is 28.4 Å². The molecule has 0 fully saturated rings. The van der Waals surface area contributed by atoms with E-state index in [-0.39, 0.29) is 5.91 Å². The number of rotatable bonds is 7. The lowest BCUT2D eigenvalue weighted by molar-refractivity contribution is 0.102. The average Bonchev–Trinajstić information content (AvgIpc) is 2.75. The van der Waals surface area contributed by atoms with Gasteiger partial charge >= 0.3 is 0 Å². The van der Waals surface area contributed by atoms with Crippen LogP contribution in [0.25, 0.3) is 0 Å². The summed E-state index contributed by atoms with van der Waals surface area (Å²) in [6.07, 6.45) is 3.83. The first-order valence-electron chi connectivity index (χ1n) is 9.26. The molecule has 2 N–H and O–H groups in total. The molecule has 3 rings (SSSR count). The maximum absolute atomic E-state index is 12.6. The number of hydrogen-bond donors (Lipinski definition) is 2. The fourth-order valence-electron chi connectivity index (χ4n) is 2.94. The van der Waals surface area contributed by atoms with E-state index in [1.54, 1.807) is 26.4 Å². The number of methoxy groups -OCH3 is 2. The van der Waals surface area contributed by atoms with Gasteiger partial charge in [-0.15, -0.1) is 0 Å². The third kappa shape index (κ3) is 4.63. The van der Waals surface area contributed by atoms with Crippen LogP contribution in [0.3, 0.4) is 0 Å². The number of aromatic nitrogens is 2. The lowest BCUT2D eigenvalue weighted by Gasteiger charge is -2.13. The molecule has 7 nitrogen and oxygen atoms in total. The molecule has 29 heavy (non-hydrogen) atoms. The predicted octanol–water partition coefficient (Wildman–Crippen LogP) is 4.36. The highest BCUT2D eigenvalue weighted by molar-refractivity contribution is 6.04. The van der Waals surface area contributed by atoms with Crippen molar-refractivity contribution in [2.75, 3.05) is 24.9 Å². The van der Waals surface area contributed by atoms with Crippen molar-refractivity contribution in [2.24, 2.45) is 0 Å². The molecule has 0 unspecified atom stereocenters. The minimum Gasteiger partial charge on any atom is -0.493 e. The summed E-state index contributed by atoms with van der Waals surface area (Å²) in [7, 11) is 3.15. The van der Waals surface area contributed by atoms with Crippen LogP contribution in [0.4, 0.5) is 17.3 Å². The van der Waals surface area contributed by atoms with Crippen LogP contribution in [-0.4, -0.2) is 30.1 Å². The third-order valence-electron chi connectivity index (χ3n) is 4.53. The zero-order valence-corrected chi connectivity index (χ0v) is 16.9. The van der Waals surface area contributed by atoms with E-state index in [9.17, 15) is 4.79 Å². The molecule has 2 aromatic carbocycles. The molecule has 0 saturated carbocycles. The second kappa shape index (κ2) is 9.05. The number of ether oxygens (including phenoxy) is 2. The molecule has 0 aliphatic rings. The van der Waals surface area contributed by atoms with Crippen LogP contribution in [0.15, 0.2) is 48.8 Å². The van der Waals surface area contributed by atoms with Crippen LogP contribution < -0.4 is 20.1 Å². The van der Waals surface area contributed by atoms with Crippen molar-refractivity contribution in [3.8, 4) is 11.5 Å². The van der Waals surface area contributed by atoms with Gasteiger partial charge in [0.1, 0.15) is 0 Å². The van der Waals surface area contributed by atoms with E-state index in [2.05, 4.69) is 27.5 Å². The topological polar surface area (TPSA) is 85.4 Å². The third-order valence-corrected chi connectivity index (χ3v) is 4.53. The summed E-state index contributed by atoms with van der Waals surface area (Å²) in [5.41, 5.74) is 4.07. The van der Waals surface area contributed by atoms with Crippen LogP contribution in [0.2, 0.25) is 0 Å². The average molecular weight is 392 g/mol. The normalized spacial score (nSPS) is 10.3. The monoisotopic (exact) mass is 392 g/mol. The number of anilines is 3. The Morgan fingerprint density at radius 2 is 1.76 bits per heavy atom. The van der Waals surface area contributed by atoms with Crippen LogP contribution in [0, 0.1) is 6.92 Å². The van der Waals surface area contributed by atoms with Gasteiger partial charge in [-0.25, -0.2) is 9.97 Å². The Labute approximate surface area is 170 Å². The number of nitrogens with zero attached hydrogens (tertiary/aromatic N) is 2. The van der Waals surface area contributed by atoms with Gasteiger partial charge < -0.3 is 20.1 Å². The van der Waals surface area contributed by atoms with Gasteiger partial charge in [-0.05, 0) is 36.6 Å². The van der Waals surface area contributed by atoms with Crippen LogP contribution >= 0.6 is 0 Å². The Balaban J connectivity index is 1.73. The molecule has 0 spiro atoms. The van der Waals surface area contributed by atoms with Crippen molar-refractivity contribution in [3.05, 3.63) is 65.5 Å². The van der Waals surface area contributed by atoms with E-state index in [1.165, 1.54) is 12.4 Å². The van der Waals surface area contributed by atoms with Crippen molar-refractivity contribution in [1.82, 2.24) is 9.97 Å². The van der Waals surface area contributed by atoms with Gasteiger partial charge in [0.25, 0.3) is 5.91 Å². The van der Waals surface area contributed by atoms with Crippen LogP contribution in [-0.2, 0) is 6.42 Å². The Morgan fingerprint density at radius 1 is 1.03 bits per heavy atom. The fourth-order valence-corrected chi connectivity index (χ4v) is 2.94. The molecule has 1 heterocycles. The van der Waals surface area contributed by atoms with Gasteiger partial charge in [0.15, 0.2) is 11.5 Å². The summed E-state index contributed by atoms with van der Waals surface area (Å²) in [5, 5.41) is 6.06. The van der Waals surface area contributed by atoms with Crippen LogP contribution in [0.5, 0.6) is 11.5 Å². The molecule has 1 amide bonds. The first-order chi connectivity index (χ1) is 14.0. The molecule has 0 saturated heterocycles. The molecule has 1 aromatic heterocycles. The van der Waals surface area contributed by atoms with Gasteiger partial charge in [0, 0.05) is 29.8 Å². The quantitative estimate of drug-likeness (QED) is 0.621. The number of hydrogen-bond acceptors (Lipinski definition) is 6. The van der Waals surface area contributed by atoms with E-state index >= 15 is 0 Å². The maximum Gasteiger partial charge on any atom is 0.258 e. The van der Waals surface area contributed by atoms with E-state index in [0.717, 1.165) is 28.9 Å². The van der Waals surface area contributed by atoms with Crippen molar-refractivity contribution in [2.45, 2.75) is 20.3 Å². The van der Waals surface area contributed by atoms with E-state index in [4.69, 9.17) is 9.47 Å². The Bertz CT molecular complexity index is 1000. The summed E-state index contributed by atoms with van der Waals surface area (Å²) in [6, 6.07) is 11.4. The first-order valence-corrected chi connectivity index (χ1v) is 9.26. The summed E-state index contributed by atoms with van der Waals surface area (Å²) in [5.74, 6) is 1.36. The van der Waals surface area contributed by atoms with Gasteiger partial charge in [-0.2, -0.15) is 0 Å². The lowest BCUT2D eigenvalue weighted by atomic mass is 10.1. The summed E-state index contributed by atoms with van der Waals surface area (Å²) >= 11 is 0. The molecular formula is C22H24N4O3. The zero-order chi connectivity index (χ0) is 20.8. The summed E-state index contributed by atoms with van der Waals surface area (Å²) < 4.78 is 10.5.